The standard InChI is InChI=1S/C10H9F3N4O/c1-6-5-7(10(11,12)13)15-17(6)8-9(18)16(2)4-3-14-8/h3-5H,1-2H3. The second-order valence-corrected chi connectivity index (χ2v) is 3.75. The molecule has 0 aliphatic carbocycles. The second-order valence-electron chi connectivity index (χ2n) is 3.75. The molecule has 18 heavy (non-hydrogen) atoms. The molecule has 2 aromatic rings. The minimum atomic E-state index is -4.55. The summed E-state index contributed by atoms with van der Waals surface area (Å²) in [5.41, 5.74) is -1.37. The Kier molecular flexibility index (Phi) is 2.72. The fraction of sp³-hybridized carbons (Fsp3) is 0.300. The van der Waals surface area contributed by atoms with Crippen LogP contribution in [0.4, 0.5) is 13.2 Å². The highest BCUT2D eigenvalue weighted by atomic mass is 19.4. The van der Waals surface area contributed by atoms with Crippen molar-refractivity contribution in [1.82, 2.24) is 19.3 Å². The fourth-order valence-electron chi connectivity index (χ4n) is 1.46. The van der Waals surface area contributed by atoms with Gasteiger partial charge in [0, 0.05) is 25.1 Å². The van der Waals surface area contributed by atoms with E-state index in [-0.39, 0.29) is 11.5 Å². The Hall–Kier alpha value is -2.12. The third-order valence-electron chi connectivity index (χ3n) is 2.38. The van der Waals surface area contributed by atoms with Gasteiger partial charge in [-0.25, -0.2) is 9.67 Å². The lowest BCUT2D eigenvalue weighted by molar-refractivity contribution is -0.141. The first-order chi connectivity index (χ1) is 8.30. The highest BCUT2D eigenvalue weighted by molar-refractivity contribution is 5.24. The molecule has 0 fully saturated rings. The van der Waals surface area contributed by atoms with Crippen molar-refractivity contribution in [2.24, 2.45) is 7.05 Å². The Morgan fingerprint density at radius 1 is 1.33 bits per heavy atom. The van der Waals surface area contributed by atoms with Crippen LogP contribution in [0, 0.1) is 6.92 Å². The largest absolute Gasteiger partial charge is 0.435 e. The summed E-state index contributed by atoms with van der Waals surface area (Å²) < 4.78 is 39.6. The molecule has 2 aromatic heterocycles. The molecule has 5 nitrogen and oxygen atoms in total. The normalized spacial score (nSPS) is 11.8. The number of halogens is 3. The van der Waals surface area contributed by atoms with Gasteiger partial charge in [-0.2, -0.15) is 18.3 Å². The van der Waals surface area contributed by atoms with Crippen LogP contribution in [0.1, 0.15) is 11.4 Å². The monoisotopic (exact) mass is 258 g/mol. The topological polar surface area (TPSA) is 52.7 Å². The van der Waals surface area contributed by atoms with E-state index < -0.39 is 17.4 Å². The second kappa shape index (κ2) is 3.97. The Balaban J connectivity index is 2.62. The summed E-state index contributed by atoms with van der Waals surface area (Å²) >= 11 is 0. The summed E-state index contributed by atoms with van der Waals surface area (Å²) in [4.78, 5) is 15.5. The van der Waals surface area contributed by atoms with E-state index >= 15 is 0 Å². The molecule has 2 heterocycles. The molecule has 0 aliphatic heterocycles. The van der Waals surface area contributed by atoms with Crippen LogP contribution in [-0.2, 0) is 13.2 Å². The molecule has 8 heteroatoms. The van der Waals surface area contributed by atoms with Crippen LogP contribution < -0.4 is 5.56 Å². The molecule has 2 rings (SSSR count). The highest BCUT2D eigenvalue weighted by Crippen LogP contribution is 2.28. The van der Waals surface area contributed by atoms with Crippen LogP contribution in [0.3, 0.4) is 0 Å². The van der Waals surface area contributed by atoms with Crippen molar-refractivity contribution in [3.63, 3.8) is 0 Å². The maximum Gasteiger partial charge on any atom is 0.435 e. The molecule has 0 aliphatic rings. The van der Waals surface area contributed by atoms with Crippen LogP contribution in [0.5, 0.6) is 0 Å². The minimum absolute atomic E-state index is 0.159. The summed E-state index contributed by atoms with van der Waals surface area (Å²) in [6, 6.07) is 0.869. The van der Waals surface area contributed by atoms with Gasteiger partial charge >= 0.3 is 6.18 Å². The molecule has 0 radical (unpaired) electrons. The SMILES string of the molecule is Cc1cc(C(F)(F)F)nn1-c1nccn(C)c1=O. The Bertz CT molecular complexity index is 641. The molecule has 0 aromatic carbocycles. The number of aromatic nitrogens is 4. The van der Waals surface area contributed by atoms with E-state index in [1.807, 2.05) is 0 Å². The number of nitrogens with zero attached hydrogens (tertiary/aromatic N) is 4. The van der Waals surface area contributed by atoms with Crippen molar-refractivity contribution in [1.29, 1.82) is 0 Å². The van der Waals surface area contributed by atoms with Crippen molar-refractivity contribution in [3.8, 4) is 5.82 Å². The van der Waals surface area contributed by atoms with Crippen molar-refractivity contribution in [3.05, 3.63) is 40.2 Å². The van der Waals surface area contributed by atoms with Crippen LogP contribution >= 0.6 is 0 Å². The molecule has 0 unspecified atom stereocenters. The van der Waals surface area contributed by atoms with Crippen LogP contribution in [0.2, 0.25) is 0 Å². The van der Waals surface area contributed by atoms with E-state index in [9.17, 15) is 18.0 Å². The molecule has 96 valence electrons. The van der Waals surface area contributed by atoms with Crippen LogP contribution in [0.15, 0.2) is 23.3 Å². The van der Waals surface area contributed by atoms with Gasteiger partial charge in [0.15, 0.2) is 5.69 Å². The van der Waals surface area contributed by atoms with Gasteiger partial charge in [0.1, 0.15) is 0 Å². The zero-order valence-electron chi connectivity index (χ0n) is 9.56. The van der Waals surface area contributed by atoms with Gasteiger partial charge in [-0.15, -0.1) is 0 Å². The molecule has 0 bridgehead atoms. The van der Waals surface area contributed by atoms with Gasteiger partial charge in [-0.05, 0) is 13.0 Å². The molecular formula is C10H9F3N4O. The summed E-state index contributed by atoms with van der Waals surface area (Å²) in [5.74, 6) is -0.159. The van der Waals surface area contributed by atoms with Crippen LogP contribution in [-0.4, -0.2) is 19.3 Å². The predicted octanol–water partition coefficient (Wildman–Crippen LogP) is 1.29. The predicted molar refractivity (Wildman–Crippen MR) is 56.3 cm³/mol. The van der Waals surface area contributed by atoms with E-state index in [1.165, 1.54) is 30.9 Å². The summed E-state index contributed by atoms with van der Waals surface area (Å²) in [6.45, 7) is 1.43. The maximum atomic E-state index is 12.5. The lowest BCUT2D eigenvalue weighted by atomic mass is 10.4. The molecule has 0 saturated heterocycles. The highest BCUT2D eigenvalue weighted by Gasteiger charge is 2.34. The van der Waals surface area contributed by atoms with Gasteiger partial charge in [0.05, 0.1) is 0 Å². The first-order valence-corrected chi connectivity index (χ1v) is 4.96. The van der Waals surface area contributed by atoms with Gasteiger partial charge in [-0.1, -0.05) is 0 Å². The van der Waals surface area contributed by atoms with E-state index in [2.05, 4.69) is 10.1 Å². The Labute approximate surface area is 99.5 Å². The average molecular weight is 258 g/mol. The average Bonchev–Trinajstić information content (AvgIpc) is 2.64. The number of aryl methyl sites for hydroxylation is 2. The van der Waals surface area contributed by atoms with Crippen molar-refractivity contribution in [2.45, 2.75) is 13.1 Å². The number of alkyl halides is 3. The summed E-state index contributed by atoms with van der Waals surface area (Å²) in [7, 11) is 1.48. The minimum Gasteiger partial charge on any atom is -0.314 e. The van der Waals surface area contributed by atoms with Gasteiger partial charge in [0.2, 0.25) is 5.82 Å². The first-order valence-electron chi connectivity index (χ1n) is 4.96. The third-order valence-corrected chi connectivity index (χ3v) is 2.38. The molecule has 0 saturated carbocycles. The molecule has 0 atom stereocenters. The van der Waals surface area contributed by atoms with Crippen molar-refractivity contribution >= 4 is 0 Å². The lowest BCUT2D eigenvalue weighted by Gasteiger charge is -2.04. The third kappa shape index (κ3) is 2.01. The number of hydrogen-bond donors (Lipinski definition) is 0. The van der Waals surface area contributed by atoms with Crippen molar-refractivity contribution < 1.29 is 13.2 Å². The summed E-state index contributed by atoms with van der Waals surface area (Å²) in [6.07, 6.45) is -1.81. The lowest BCUT2D eigenvalue weighted by Crippen LogP contribution is -2.24. The first kappa shape index (κ1) is 12.3. The molecule has 0 N–H and O–H groups in total. The molecule has 0 amide bonds. The van der Waals surface area contributed by atoms with Crippen LogP contribution in [0.25, 0.3) is 5.82 Å². The fourth-order valence-corrected chi connectivity index (χ4v) is 1.46. The quantitative estimate of drug-likeness (QED) is 0.774. The summed E-state index contributed by atoms with van der Waals surface area (Å²) in [5, 5.41) is 3.37. The van der Waals surface area contributed by atoms with E-state index in [0.717, 1.165) is 10.7 Å². The van der Waals surface area contributed by atoms with Crippen molar-refractivity contribution in [2.75, 3.05) is 0 Å². The zero-order chi connectivity index (χ0) is 13.5. The molecular weight excluding hydrogens is 249 g/mol. The number of rotatable bonds is 1. The van der Waals surface area contributed by atoms with Gasteiger partial charge in [-0.3, -0.25) is 4.79 Å². The number of hydrogen-bond acceptors (Lipinski definition) is 3. The van der Waals surface area contributed by atoms with Gasteiger partial charge in [0.25, 0.3) is 5.56 Å². The Morgan fingerprint density at radius 3 is 2.56 bits per heavy atom. The van der Waals surface area contributed by atoms with E-state index in [4.69, 9.17) is 0 Å². The molecule has 0 spiro atoms. The van der Waals surface area contributed by atoms with Gasteiger partial charge < -0.3 is 4.57 Å². The van der Waals surface area contributed by atoms with E-state index in [0.29, 0.717) is 0 Å². The van der Waals surface area contributed by atoms with E-state index in [1.54, 1.807) is 0 Å². The Morgan fingerprint density at radius 2 is 2.00 bits per heavy atom. The zero-order valence-corrected chi connectivity index (χ0v) is 9.56. The maximum absolute atomic E-state index is 12.5. The smallest absolute Gasteiger partial charge is 0.314 e.